The van der Waals surface area contributed by atoms with Gasteiger partial charge in [-0.25, -0.2) is 0 Å². The van der Waals surface area contributed by atoms with Crippen molar-refractivity contribution < 1.29 is 9.53 Å². The molecule has 3 heteroatoms. The van der Waals surface area contributed by atoms with Crippen LogP contribution in [0, 0.1) is 6.92 Å². The molecule has 0 N–H and O–H groups in total. The maximum absolute atomic E-state index is 11.9. The predicted octanol–water partition coefficient (Wildman–Crippen LogP) is 2.69. The van der Waals surface area contributed by atoms with E-state index in [1.54, 1.807) is 4.90 Å². The molecule has 1 atom stereocenters. The van der Waals surface area contributed by atoms with Gasteiger partial charge in [-0.3, -0.25) is 4.79 Å². The first-order chi connectivity index (χ1) is 8.15. The number of ether oxygens (including phenoxy) is 1. The lowest BCUT2D eigenvalue weighted by molar-refractivity contribution is -0.114. The fraction of sp³-hybridized carbons (Fsp3) is 0.357. The van der Waals surface area contributed by atoms with Gasteiger partial charge in [-0.05, 0) is 37.1 Å². The van der Waals surface area contributed by atoms with Crippen molar-refractivity contribution in [3.63, 3.8) is 0 Å². The van der Waals surface area contributed by atoms with Crippen LogP contribution in [-0.2, 0) is 4.79 Å². The van der Waals surface area contributed by atoms with Crippen LogP contribution in [0.1, 0.15) is 18.9 Å². The topological polar surface area (TPSA) is 29.5 Å². The highest BCUT2D eigenvalue weighted by Crippen LogP contribution is 2.34. The maximum atomic E-state index is 11.9. The van der Waals surface area contributed by atoms with Gasteiger partial charge >= 0.3 is 0 Å². The van der Waals surface area contributed by atoms with E-state index in [1.807, 2.05) is 25.1 Å². The summed E-state index contributed by atoms with van der Waals surface area (Å²) < 4.78 is 5.83. The maximum Gasteiger partial charge on any atom is 0.250 e. The molecule has 1 unspecified atom stereocenters. The molecule has 17 heavy (non-hydrogen) atoms. The van der Waals surface area contributed by atoms with E-state index in [0.29, 0.717) is 6.54 Å². The third kappa shape index (κ3) is 2.18. The van der Waals surface area contributed by atoms with Crippen molar-refractivity contribution in [2.24, 2.45) is 0 Å². The van der Waals surface area contributed by atoms with Crippen LogP contribution in [0.4, 0.5) is 5.69 Å². The van der Waals surface area contributed by atoms with Crippen LogP contribution in [0.25, 0.3) is 0 Å². The summed E-state index contributed by atoms with van der Waals surface area (Å²) in [6.45, 7) is 8.20. The minimum Gasteiger partial charge on any atom is -0.486 e. The first kappa shape index (κ1) is 11.7. The molecular formula is C14H17NO2. The fourth-order valence-corrected chi connectivity index (χ4v) is 1.99. The van der Waals surface area contributed by atoms with Crippen molar-refractivity contribution >= 4 is 11.6 Å². The molecule has 2 rings (SSSR count). The Labute approximate surface area is 102 Å². The second kappa shape index (κ2) is 4.62. The number of carbonyl (C=O) groups is 1. The highest BCUT2D eigenvalue weighted by atomic mass is 16.5. The molecule has 0 fully saturated rings. The van der Waals surface area contributed by atoms with E-state index in [4.69, 9.17) is 4.74 Å². The fourth-order valence-electron chi connectivity index (χ4n) is 1.99. The molecule has 0 radical (unpaired) electrons. The van der Waals surface area contributed by atoms with E-state index in [2.05, 4.69) is 13.5 Å². The van der Waals surface area contributed by atoms with Crippen molar-refractivity contribution in [1.29, 1.82) is 0 Å². The Morgan fingerprint density at radius 1 is 1.65 bits per heavy atom. The van der Waals surface area contributed by atoms with Gasteiger partial charge in [-0.2, -0.15) is 0 Å². The van der Waals surface area contributed by atoms with Gasteiger partial charge in [0.1, 0.15) is 11.9 Å². The molecule has 1 aliphatic rings. The molecule has 0 saturated carbocycles. The summed E-state index contributed by atoms with van der Waals surface area (Å²) >= 11 is 0. The number of anilines is 1. The van der Waals surface area contributed by atoms with E-state index in [9.17, 15) is 4.79 Å². The second-order valence-electron chi connectivity index (χ2n) is 4.27. The summed E-state index contributed by atoms with van der Waals surface area (Å²) in [4.78, 5) is 13.6. The predicted molar refractivity (Wildman–Crippen MR) is 68.4 cm³/mol. The number of hydrogen-bond donors (Lipinski definition) is 0. The van der Waals surface area contributed by atoms with Crippen molar-refractivity contribution in [3.05, 3.63) is 36.4 Å². The van der Waals surface area contributed by atoms with Gasteiger partial charge in [-0.1, -0.05) is 19.6 Å². The number of rotatable bonds is 2. The first-order valence-electron chi connectivity index (χ1n) is 5.87. The minimum absolute atomic E-state index is 0.0640. The summed E-state index contributed by atoms with van der Waals surface area (Å²) in [7, 11) is 0. The monoisotopic (exact) mass is 231 g/mol. The van der Waals surface area contributed by atoms with Gasteiger partial charge < -0.3 is 9.64 Å². The zero-order valence-corrected chi connectivity index (χ0v) is 10.3. The van der Waals surface area contributed by atoms with Crippen molar-refractivity contribution in [3.8, 4) is 5.75 Å². The van der Waals surface area contributed by atoms with Crippen LogP contribution in [0.15, 0.2) is 30.9 Å². The summed E-state index contributed by atoms with van der Waals surface area (Å²) in [6.07, 6.45) is 2.30. The molecule has 1 aromatic rings. The Balaban J connectivity index is 2.43. The Kier molecular flexibility index (Phi) is 3.18. The molecule has 1 heterocycles. The molecule has 90 valence electrons. The molecular weight excluding hydrogens is 214 g/mol. The van der Waals surface area contributed by atoms with Crippen molar-refractivity contribution in [1.82, 2.24) is 0 Å². The number of carbonyl (C=O) groups excluding carboxylic acids is 1. The third-order valence-electron chi connectivity index (χ3n) is 2.98. The van der Waals surface area contributed by atoms with Gasteiger partial charge in [-0.15, -0.1) is 0 Å². The van der Waals surface area contributed by atoms with Gasteiger partial charge in [0.2, 0.25) is 0 Å². The van der Waals surface area contributed by atoms with Crippen molar-refractivity contribution in [2.45, 2.75) is 26.4 Å². The molecule has 0 saturated heterocycles. The van der Waals surface area contributed by atoms with E-state index in [-0.39, 0.29) is 12.0 Å². The van der Waals surface area contributed by atoms with Crippen LogP contribution >= 0.6 is 0 Å². The Bertz CT molecular complexity index is 454. The number of nitrogens with zero attached hydrogens (tertiary/aromatic N) is 1. The molecule has 0 aliphatic carbocycles. The van der Waals surface area contributed by atoms with Crippen molar-refractivity contribution in [2.75, 3.05) is 11.4 Å². The lowest BCUT2D eigenvalue weighted by Gasteiger charge is -2.34. The number of amides is 1. The molecule has 1 aromatic carbocycles. The van der Waals surface area contributed by atoms with Crippen LogP contribution < -0.4 is 9.64 Å². The largest absolute Gasteiger partial charge is 0.486 e. The summed E-state index contributed by atoms with van der Waals surface area (Å²) in [5.41, 5.74) is 1.96. The van der Waals surface area contributed by atoms with E-state index in [1.165, 1.54) is 6.08 Å². The molecule has 3 nitrogen and oxygen atoms in total. The Morgan fingerprint density at radius 2 is 2.41 bits per heavy atom. The normalized spacial score (nSPS) is 18.2. The molecule has 1 amide bonds. The average Bonchev–Trinajstić information content (AvgIpc) is 2.36. The molecule has 0 aromatic heterocycles. The highest BCUT2D eigenvalue weighted by molar-refractivity contribution is 6.02. The highest BCUT2D eigenvalue weighted by Gasteiger charge is 2.27. The number of fused-ring (bicyclic) bond motifs is 1. The van der Waals surface area contributed by atoms with Gasteiger partial charge in [0.25, 0.3) is 5.91 Å². The number of aryl methyl sites for hydroxylation is 1. The SMILES string of the molecule is C=CC(=O)N1CC(CC)Oc2ccc(C)cc21. The van der Waals surface area contributed by atoms with Gasteiger partial charge in [0.05, 0.1) is 12.2 Å². The summed E-state index contributed by atoms with van der Waals surface area (Å²) in [5, 5.41) is 0. The summed E-state index contributed by atoms with van der Waals surface area (Å²) in [5.74, 6) is 0.711. The van der Waals surface area contributed by atoms with Crippen LogP contribution in [0.3, 0.4) is 0 Å². The van der Waals surface area contributed by atoms with Gasteiger partial charge in [0.15, 0.2) is 0 Å². The minimum atomic E-state index is -0.0707. The zero-order chi connectivity index (χ0) is 12.4. The standard InChI is InChI=1S/C14H17NO2/c1-4-11-9-15(14(16)5-2)12-8-10(3)6-7-13(12)17-11/h5-8,11H,2,4,9H2,1,3H3. The average molecular weight is 231 g/mol. The zero-order valence-electron chi connectivity index (χ0n) is 10.3. The van der Waals surface area contributed by atoms with Gasteiger partial charge in [0, 0.05) is 0 Å². The Morgan fingerprint density at radius 3 is 3.06 bits per heavy atom. The van der Waals surface area contributed by atoms with Crippen LogP contribution in [0.2, 0.25) is 0 Å². The molecule has 1 aliphatic heterocycles. The third-order valence-corrected chi connectivity index (χ3v) is 2.98. The van der Waals surface area contributed by atoms with E-state index >= 15 is 0 Å². The lowest BCUT2D eigenvalue weighted by atomic mass is 10.1. The first-order valence-corrected chi connectivity index (χ1v) is 5.87. The Hall–Kier alpha value is -1.77. The van der Waals surface area contributed by atoms with Crippen LogP contribution in [-0.4, -0.2) is 18.6 Å². The number of hydrogen-bond acceptors (Lipinski definition) is 2. The molecule has 0 spiro atoms. The smallest absolute Gasteiger partial charge is 0.250 e. The quantitative estimate of drug-likeness (QED) is 0.732. The lowest BCUT2D eigenvalue weighted by Crippen LogP contribution is -2.42. The van der Waals surface area contributed by atoms with Crippen LogP contribution in [0.5, 0.6) is 5.75 Å². The summed E-state index contributed by atoms with van der Waals surface area (Å²) in [6, 6.07) is 5.89. The van der Waals surface area contributed by atoms with E-state index < -0.39 is 0 Å². The van der Waals surface area contributed by atoms with E-state index in [0.717, 1.165) is 23.4 Å². The number of benzene rings is 1. The molecule has 0 bridgehead atoms. The second-order valence-corrected chi connectivity index (χ2v) is 4.27.